The molecule has 0 atom stereocenters. The van der Waals surface area contributed by atoms with E-state index in [4.69, 9.17) is 21.1 Å². The van der Waals surface area contributed by atoms with E-state index >= 15 is 0 Å². The number of anilines is 2. The molecule has 0 aliphatic rings. The molecule has 0 aromatic heterocycles. The van der Waals surface area contributed by atoms with E-state index in [1.807, 2.05) is 44.2 Å². The Morgan fingerprint density at radius 3 is 2.72 bits per heavy atom. The van der Waals surface area contributed by atoms with Crippen LogP contribution in [0.15, 0.2) is 42.5 Å². The molecule has 2 rings (SSSR count). The Morgan fingerprint density at radius 2 is 1.92 bits per heavy atom. The number of benzene rings is 2. The van der Waals surface area contributed by atoms with Crippen molar-refractivity contribution >= 4 is 28.9 Å². The number of ether oxygens (including phenoxy) is 2. The van der Waals surface area contributed by atoms with Crippen LogP contribution in [0.4, 0.5) is 11.4 Å². The van der Waals surface area contributed by atoms with Crippen molar-refractivity contribution in [1.82, 2.24) is 0 Å². The van der Waals surface area contributed by atoms with Gasteiger partial charge in [0.25, 0.3) is 0 Å². The van der Waals surface area contributed by atoms with Crippen LogP contribution >= 0.6 is 11.6 Å². The molecule has 0 spiro atoms. The number of amides is 1. The van der Waals surface area contributed by atoms with E-state index in [1.54, 1.807) is 12.1 Å². The van der Waals surface area contributed by atoms with Crippen LogP contribution in [0.3, 0.4) is 0 Å². The van der Waals surface area contributed by atoms with Crippen molar-refractivity contribution in [3.63, 3.8) is 0 Å². The summed E-state index contributed by atoms with van der Waals surface area (Å²) < 4.78 is 10.9. The van der Waals surface area contributed by atoms with E-state index in [0.29, 0.717) is 36.3 Å². The molecule has 134 valence electrons. The highest BCUT2D eigenvalue weighted by Gasteiger charge is 2.08. The molecule has 0 bridgehead atoms. The summed E-state index contributed by atoms with van der Waals surface area (Å²) in [4.78, 5) is 12.2. The summed E-state index contributed by atoms with van der Waals surface area (Å²) >= 11 is 5.99. The molecule has 6 heteroatoms. The smallest absolute Gasteiger partial charge is 0.243 e. The molecule has 2 aromatic rings. The fourth-order valence-corrected chi connectivity index (χ4v) is 2.38. The van der Waals surface area contributed by atoms with E-state index in [0.717, 1.165) is 11.3 Å². The molecule has 0 unspecified atom stereocenters. The van der Waals surface area contributed by atoms with E-state index in [1.165, 1.54) is 0 Å². The molecular weight excluding hydrogens is 340 g/mol. The third-order valence-electron chi connectivity index (χ3n) is 3.49. The second-order valence-corrected chi connectivity index (χ2v) is 5.84. The Balaban J connectivity index is 1.90. The van der Waals surface area contributed by atoms with Crippen molar-refractivity contribution in [2.75, 3.05) is 37.0 Å². The average Bonchev–Trinajstić information content (AvgIpc) is 2.61. The maximum Gasteiger partial charge on any atom is 0.243 e. The Kier molecular flexibility index (Phi) is 7.57. The minimum absolute atomic E-state index is 0.133. The fourth-order valence-electron chi connectivity index (χ4n) is 2.21. The van der Waals surface area contributed by atoms with Crippen LogP contribution in [0.25, 0.3) is 0 Å². The molecule has 0 heterocycles. The van der Waals surface area contributed by atoms with Gasteiger partial charge in [0.05, 0.1) is 18.8 Å². The largest absolute Gasteiger partial charge is 0.489 e. The summed E-state index contributed by atoms with van der Waals surface area (Å²) in [6, 6.07) is 12.9. The highest BCUT2D eigenvalue weighted by molar-refractivity contribution is 6.30. The minimum Gasteiger partial charge on any atom is -0.489 e. The van der Waals surface area contributed by atoms with Crippen LogP contribution in [0.5, 0.6) is 5.75 Å². The molecule has 0 aliphatic heterocycles. The van der Waals surface area contributed by atoms with Crippen LogP contribution in [-0.2, 0) is 9.53 Å². The average molecular weight is 363 g/mol. The molecule has 0 fully saturated rings. The first-order valence-electron chi connectivity index (χ1n) is 8.19. The highest BCUT2D eigenvalue weighted by atomic mass is 35.5. The number of carbonyl (C=O) groups excluding carboxylic acids is 1. The van der Waals surface area contributed by atoms with Gasteiger partial charge in [0.15, 0.2) is 0 Å². The lowest BCUT2D eigenvalue weighted by atomic mass is 10.2. The van der Waals surface area contributed by atoms with Gasteiger partial charge in [-0.15, -0.1) is 0 Å². The summed E-state index contributed by atoms with van der Waals surface area (Å²) in [5, 5.41) is 6.58. The summed E-state index contributed by atoms with van der Waals surface area (Å²) in [6.07, 6.45) is 0. The van der Waals surface area contributed by atoms with Gasteiger partial charge in [0.2, 0.25) is 5.91 Å². The maximum atomic E-state index is 12.2. The first-order valence-corrected chi connectivity index (χ1v) is 8.57. The Hall–Kier alpha value is -2.24. The van der Waals surface area contributed by atoms with Gasteiger partial charge in [-0.2, -0.15) is 0 Å². The quantitative estimate of drug-likeness (QED) is 0.659. The standard InChI is InChI=1S/C19H23ClN2O3/c1-3-24-10-11-25-18-7-5-4-6-16(18)22-19(23)13-21-17-12-15(20)9-8-14(17)2/h4-9,12,21H,3,10-11,13H2,1-2H3,(H,22,23). The van der Waals surface area contributed by atoms with Crippen LogP contribution in [0, 0.1) is 6.92 Å². The summed E-state index contributed by atoms with van der Waals surface area (Å²) in [6.45, 7) is 5.61. The molecule has 0 aliphatic carbocycles. The van der Waals surface area contributed by atoms with Crippen LogP contribution in [0.2, 0.25) is 5.02 Å². The number of hydrogen-bond acceptors (Lipinski definition) is 4. The van der Waals surface area contributed by atoms with Gasteiger partial charge in [-0.3, -0.25) is 4.79 Å². The Labute approximate surface area is 153 Å². The second-order valence-electron chi connectivity index (χ2n) is 5.40. The summed E-state index contributed by atoms with van der Waals surface area (Å²) in [5.74, 6) is 0.453. The summed E-state index contributed by atoms with van der Waals surface area (Å²) in [5.41, 5.74) is 2.49. The van der Waals surface area contributed by atoms with Gasteiger partial charge in [0.1, 0.15) is 12.4 Å². The highest BCUT2D eigenvalue weighted by Crippen LogP contribution is 2.24. The van der Waals surface area contributed by atoms with Crippen molar-refractivity contribution < 1.29 is 14.3 Å². The molecule has 25 heavy (non-hydrogen) atoms. The lowest BCUT2D eigenvalue weighted by Crippen LogP contribution is -2.22. The fraction of sp³-hybridized carbons (Fsp3) is 0.316. The molecule has 0 saturated carbocycles. The van der Waals surface area contributed by atoms with E-state index in [9.17, 15) is 4.79 Å². The Morgan fingerprint density at radius 1 is 1.12 bits per heavy atom. The molecule has 0 radical (unpaired) electrons. The van der Waals surface area contributed by atoms with Crippen LogP contribution < -0.4 is 15.4 Å². The number of para-hydroxylation sites is 2. The van der Waals surface area contributed by atoms with Crippen molar-refractivity contribution in [2.24, 2.45) is 0 Å². The molecule has 1 amide bonds. The zero-order valence-electron chi connectivity index (χ0n) is 14.5. The normalized spacial score (nSPS) is 10.4. The minimum atomic E-state index is -0.166. The van der Waals surface area contributed by atoms with E-state index in [-0.39, 0.29) is 12.5 Å². The monoisotopic (exact) mass is 362 g/mol. The third-order valence-corrected chi connectivity index (χ3v) is 3.72. The molecule has 5 nitrogen and oxygen atoms in total. The Bertz CT molecular complexity index is 707. The molecule has 2 aromatic carbocycles. The number of halogens is 1. The van der Waals surface area contributed by atoms with Crippen LogP contribution in [0.1, 0.15) is 12.5 Å². The third kappa shape index (κ3) is 6.29. The predicted octanol–water partition coefficient (Wildman–Crippen LogP) is 4.11. The van der Waals surface area contributed by atoms with Gasteiger partial charge in [0, 0.05) is 17.3 Å². The van der Waals surface area contributed by atoms with Crippen molar-refractivity contribution in [3.05, 3.63) is 53.1 Å². The summed E-state index contributed by atoms with van der Waals surface area (Å²) in [7, 11) is 0. The molecular formula is C19H23ClN2O3. The first kappa shape index (κ1) is 19.1. The van der Waals surface area contributed by atoms with Crippen molar-refractivity contribution in [2.45, 2.75) is 13.8 Å². The number of aryl methyl sites for hydroxylation is 1. The number of rotatable bonds is 9. The van der Waals surface area contributed by atoms with E-state index < -0.39 is 0 Å². The SMILES string of the molecule is CCOCCOc1ccccc1NC(=O)CNc1cc(Cl)ccc1C. The van der Waals surface area contributed by atoms with Gasteiger partial charge in [-0.1, -0.05) is 29.8 Å². The van der Waals surface area contributed by atoms with Crippen LogP contribution in [-0.4, -0.2) is 32.3 Å². The topological polar surface area (TPSA) is 59.6 Å². The van der Waals surface area contributed by atoms with Gasteiger partial charge < -0.3 is 20.1 Å². The van der Waals surface area contributed by atoms with Crippen molar-refractivity contribution in [1.29, 1.82) is 0 Å². The van der Waals surface area contributed by atoms with E-state index in [2.05, 4.69) is 10.6 Å². The molecule has 2 N–H and O–H groups in total. The predicted molar refractivity (Wildman–Crippen MR) is 102 cm³/mol. The van der Waals surface area contributed by atoms with Gasteiger partial charge in [-0.05, 0) is 43.7 Å². The van der Waals surface area contributed by atoms with Crippen molar-refractivity contribution in [3.8, 4) is 5.75 Å². The van der Waals surface area contributed by atoms with Gasteiger partial charge in [-0.25, -0.2) is 0 Å². The first-order chi connectivity index (χ1) is 12.1. The second kappa shape index (κ2) is 9.91. The number of carbonyl (C=O) groups is 1. The van der Waals surface area contributed by atoms with Gasteiger partial charge >= 0.3 is 0 Å². The lowest BCUT2D eigenvalue weighted by Gasteiger charge is -2.14. The number of hydrogen-bond donors (Lipinski definition) is 2. The number of nitrogens with one attached hydrogen (secondary N) is 2. The lowest BCUT2D eigenvalue weighted by molar-refractivity contribution is -0.114. The zero-order valence-corrected chi connectivity index (χ0v) is 15.2. The molecule has 0 saturated heterocycles. The maximum absolute atomic E-state index is 12.2. The zero-order chi connectivity index (χ0) is 18.1.